The first-order chi connectivity index (χ1) is 15.2. The average molecular weight is 420 g/mol. The molecule has 0 bridgehead atoms. The molecule has 6 heteroatoms. The van der Waals surface area contributed by atoms with Crippen molar-refractivity contribution in [1.29, 1.82) is 0 Å². The molecule has 0 aliphatic heterocycles. The molecule has 1 aliphatic rings. The fourth-order valence-corrected chi connectivity index (χ4v) is 4.54. The van der Waals surface area contributed by atoms with Crippen molar-refractivity contribution in [3.63, 3.8) is 0 Å². The number of hydroxylamine groups is 1. The maximum Gasteiger partial charge on any atom is 0.267 e. The van der Waals surface area contributed by atoms with Crippen molar-refractivity contribution in [3.05, 3.63) is 77.0 Å². The Hall–Kier alpha value is -2.93. The summed E-state index contributed by atoms with van der Waals surface area (Å²) < 4.78 is 5.40. The number of para-hydroxylation sites is 1. The van der Waals surface area contributed by atoms with Gasteiger partial charge in [-0.25, -0.2) is 5.48 Å². The third-order valence-corrected chi connectivity index (χ3v) is 6.12. The van der Waals surface area contributed by atoms with Crippen LogP contribution >= 0.6 is 0 Å². The quantitative estimate of drug-likeness (QED) is 0.280. The lowest BCUT2D eigenvalue weighted by Crippen LogP contribution is -2.32. The molecule has 4 rings (SSSR count). The van der Waals surface area contributed by atoms with Gasteiger partial charge in [-0.2, -0.15) is 0 Å². The molecule has 3 N–H and O–H groups in total. The van der Waals surface area contributed by atoms with Gasteiger partial charge in [-0.3, -0.25) is 14.9 Å². The summed E-state index contributed by atoms with van der Waals surface area (Å²) in [5.74, 6) is -0.526. The SMILES string of the molecule is COCCN(CCc1c[nH]c2ccccc12)C1CCc2cc(C=CC(=O)NO)ccc21. The van der Waals surface area contributed by atoms with Crippen LogP contribution in [0, 0.1) is 0 Å². The van der Waals surface area contributed by atoms with E-state index in [1.54, 1.807) is 18.7 Å². The molecule has 0 saturated carbocycles. The Balaban J connectivity index is 1.50. The fourth-order valence-electron chi connectivity index (χ4n) is 4.54. The van der Waals surface area contributed by atoms with Crippen LogP contribution in [0.25, 0.3) is 17.0 Å². The van der Waals surface area contributed by atoms with Gasteiger partial charge in [0.05, 0.1) is 6.61 Å². The molecule has 3 aromatic rings. The van der Waals surface area contributed by atoms with Gasteiger partial charge in [0.25, 0.3) is 5.91 Å². The zero-order chi connectivity index (χ0) is 21.6. The van der Waals surface area contributed by atoms with Crippen molar-refractivity contribution < 1.29 is 14.7 Å². The molecule has 31 heavy (non-hydrogen) atoms. The molecular weight excluding hydrogens is 390 g/mol. The largest absolute Gasteiger partial charge is 0.383 e. The number of methoxy groups -OCH3 is 1. The average Bonchev–Trinajstić information content (AvgIpc) is 3.41. The summed E-state index contributed by atoms with van der Waals surface area (Å²) in [6.07, 6.45) is 8.26. The monoisotopic (exact) mass is 419 g/mol. The number of carbonyl (C=O) groups excluding carboxylic acids is 1. The number of fused-ring (bicyclic) bond motifs is 2. The van der Waals surface area contributed by atoms with Crippen molar-refractivity contribution in [2.45, 2.75) is 25.3 Å². The Bertz CT molecular complexity index is 1070. The molecule has 1 unspecified atom stereocenters. The van der Waals surface area contributed by atoms with Crippen LogP contribution in [0.5, 0.6) is 0 Å². The topological polar surface area (TPSA) is 77.6 Å². The molecule has 162 valence electrons. The summed E-state index contributed by atoms with van der Waals surface area (Å²) in [4.78, 5) is 17.2. The van der Waals surface area contributed by atoms with Gasteiger partial charge < -0.3 is 9.72 Å². The van der Waals surface area contributed by atoms with Crippen molar-refractivity contribution >= 4 is 22.9 Å². The summed E-state index contributed by atoms with van der Waals surface area (Å²) in [6, 6.07) is 15.2. The molecule has 0 fully saturated rings. The molecule has 1 aromatic heterocycles. The van der Waals surface area contributed by atoms with Gasteiger partial charge in [-0.05, 0) is 53.7 Å². The fraction of sp³-hybridized carbons (Fsp3) is 0.320. The minimum atomic E-state index is -0.526. The number of nitrogens with one attached hydrogen (secondary N) is 2. The first-order valence-corrected chi connectivity index (χ1v) is 10.7. The number of benzene rings is 2. The highest BCUT2D eigenvalue weighted by Crippen LogP contribution is 2.36. The summed E-state index contributed by atoms with van der Waals surface area (Å²) in [7, 11) is 1.75. The molecule has 0 saturated heterocycles. The molecule has 1 heterocycles. The van der Waals surface area contributed by atoms with E-state index in [1.165, 1.54) is 33.7 Å². The molecule has 0 radical (unpaired) electrons. The van der Waals surface area contributed by atoms with Gasteiger partial charge in [0.15, 0.2) is 0 Å². The van der Waals surface area contributed by atoms with E-state index in [4.69, 9.17) is 9.94 Å². The standard InChI is InChI=1S/C25H29N3O3/c1-31-15-14-28(13-12-20-17-26-23-5-3-2-4-21(20)23)24-10-8-19-16-18(6-9-22(19)24)7-11-25(29)27-30/h2-7,9,11,16-17,24,26,30H,8,10,12-15H2,1H3,(H,27,29). The number of ether oxygens (including phenoxy) is 1. The Labute approximate surface area is 182 Å². The van der Waals surface area contributed by atoms with Gasteiger partial charge in [-0.15, -0.1) is 0 Å². The zero-order valence-electron chi connectivity index (χ0n) is 17.8. The number of nitrogens with zero attached hydrogens (tertiary/aromatic N) is 1. The second kappa shape index (κ2) is 9.92. The molecule has 2 aromatic carbocycles. The lowest BCUT2D eigenvalue weighted by Gasteiger charge is -2.29. The van der Waals surface area contributed by atoms with Crippen molar-refractivity contribution in [2.24, 2.45) is 0 Å². The number of hydrogen-bond acceptors (Lipinski definition) is 4. The van der Waals surface area contributed by atoms with Crippen LogP contribution < -0.4 is 5.48 Å². The summed E-state index contributed by atoms with van der Waals surface area (Å²) in [5.41, 5.74) is 7.80. The third kappa shape index (κ3) is 4.88. The normalized spacial score (nSPS) is 15.8. The summed E-state index contributed by atoms with van der Waals surface area (Å²) in [5, 5.41) is 9.94. The minimum absolute atomic E-state index is 0.370. The number of carbonyl (C=O) groups is 1. The van der Waals surface area contributed by atoms with Gasteiger partial charge in [0, 0.05) is 49.4 Å². The van der Waals surface area contributed by atoms with E-state index in [0.29, 0.717) is 12.6 Å². The Morgan fingerprint density at radius 3 is 3.00 bits per heavy atom. The number of H-pyrrole nitrogens is 1. The van der Waals surface area contributed by atoms with E-state index >= 15 is 0 Å². The van der Waals surface area contributed by atoms with E-state index in [1.807, 2.05) is 6.07 Å². The molecule has 1 amide bonds. The van der Waals surface area contributed by atoms with Crippen LogP contribution in [0.4, 0.5) is 0 Å². The molecule has 6 nitrogen and oxygen atoms in total. The number of aromatic amines is 1. The Kier molecular flexibility index (Phi) is 6.82. The van der Waals surface area contributed by atoms with Crippen LogP contribution in [0.1, 0.15) is 34.7 Å². The maximum atomic E-state index is 11.2. The van der Waals surface area contributed by atoms with Crippen molar-refractivity contribution in [2.75, 3.05) is 26.8 Å². The van der Waals surface area contributed by atoms with E-state index < -0.39 is 5.91 Å². The lowest BCUT2D eigenvalue weighted by molar-refractivity contribution is -0.124. The molecule has 1 atom stereocenters. The van der Waals surface area contributed by atoms with Gasteiger partial charge in [0.2, 0.25) is 0 Å². The second-order valence-corrected chi connectivity index (χ2v) is 7.96. The minimum Gasteiger partial charge on any atom is -0.383 e. The number of hydrogen-bond donors (Lipinski definition) is 3. The lowest BCUT2D eigenvalue weighted by atomic mass is 10.0. The van der Waals surface area contributed by atoms with Crippen LogP contribution in [0.3, 0.4) is 0 Å². The van der Waals surface area contributed by atoms with Crippen LogP contribution in [-0.2, 0) is 22.4 Å². The predicted octanol–water partition coefficient (Wildman–Crippen LogP) is 3.86. The maximum absolute atomic E-state index is 11.2. The van der Waals surface area contributed by atoms with E-state index in [-0.39, 0.29) is 0 Å². The summed E-state index contributed by atoms with van der Waals surface area (Å²) >= 11 is 0. The van der Waals surface area contributed by atoms with Crippen LogP contribution in [-0.4, -0.2) is 47.8 Å². The molecule has 0 spiro atoms. The van der Waals surface area contributed by atoms with Gasteiger partial charge >= 0.3 is 0 Å². The first-order valence-electron chi connectivity index (χ1n) is 10.7. The number of aryl methyl sites for hydroxylation is 1. The third-order valence-electron chi connectivity index (χ3n) is 6.12. The highest BCUT2D eigenvalue weighted by Gasteiger charge is 2.27. The van der Waals surface area contributed by atoms with E-state index in [2.05, 4.69) is 52.5 Å². The van der Waals surface area contributed by atoms with Crippen molar-refractivity contribution in [1.82, 2.24) is 15.4 Å². The van der Waals surface area contributed by atoms with E-state index in [0.717, 1.165) is 37.9 Å². The molecule has 1 aliphatic carbocycles. The van der Waals surface area contributed by atoms with Crippen molar-refractivity contribution in [3.8, 4) is 0 Å². The predicted molar refractivity (Wildman–Crippen MR) is 122 cm³/mol. The van der Waals surface area contributed by atoms with Gasteiger partial charge in [-0.1, -0.05) is 36.4 Å². The first kappa shape index (κ1) is 21.3. The smallest absolute Gasteiger partial charge is 0.267 e. The van der Waals surface area contributed by atoms with Crippen LogP contribution in [0.2, 0.25) is 0 Å². The number of rotatable bonds is 9. The Morgan fingerprint density at radius 1 is 1.29 bits per heavy atom. The highest BCUT2D eigenvalue weighted by atomic mass is 16.5. The molecular formula is C25H29N3O3. The zero-order valence-corrected chi connectivity index (χ0v) is 17.8. The summed E-state index contributed by atoms with van der Waals surface area (Å²) in [6.45, 7) is 2.56. The van der Waals surface area contributed by atoms with Crippen LogP contribution in [0.15, 0.2) is 54.7 Å². The highest BCUT2D eigenvalue weighted by molar-refractivity contribution is 5.90. The number of amides is 1. The van der Waals surface area contributed by atoms with E-state index in [9.17, 15) is 4.79 Å². The van der Waals surface area contributed by atoms with Gasteiger partial charge in [0.1, 0.15) is 0 Å². The second-order valence-electron chi connectivity index (χ2n) is 7.96. The number of aromatic nitrogens is 1. The Morgan fingerprint density at radius 2 is 2.16 bits per heavy atom.